The molecule has 3 atom stereocenters. The number of nitrogens with zero attached hydrogens (tertiary/aromatic N) is 1. The summed E-state index contributed by atoms with van der Waals surface area (Å²) in [5, 5.41) is 7.08. The Labute approximate surface area is 109 Å². The third-order valence-electron chi connectivity index (χ3n) is 3.96. The van der Waals surface area contributed by atoms with E-state index in [0.29, 0.717) is 12.1 Å². The highest BCUT2D eigenvalue weighted by molar-refractivity contribution is 7.09. The summed E-state index contributed by atoms with van der Waals surface area (Å²) in [5.41, 5.74) is 0. The second kappa shape index (κ2) is 5.96. The van der Waals surface area contributed by atoms with E-state index in [1.165, 1.54) is 30.7 Å². The van der Waals surface area contributed by atoms with Gasteiger partial charge in [0, 0.05) is 17.6 Å². The van der Waals surface area contributed by atoms with Crippen LogP contribution in [-0.4, -0.2) is 11.0 Å². The minimum atomic E-state index is 0.402. The second-order valence-electron chi connectivity index (χ2n) is 5.56. The van der Waals surface area contributed by atoms with Crippen LogP contribution >= 0.6 is 11.3 Å². The molecule has 0 spiro atoms. The van der Waals surface area contributed by atoms with Crippen LogP contribution < -0.4 is 5.32 Å². The van der Waals surface area contributed by atoms with Crippen molar-refractivity contribution in [3.05, 3.63) is 16.6 Å². The van der Waals surface area contributed by atoms with Gasteiger partial charge in [-0.05, 0) is 31.6 Å². The number of hydrogen-bond acceptors (Lipinski definition) is 3. The minimum absolute atomic E-state index is 0.402. The molecule has 0 aromatic carbocycles. The van der Waals surface area contributed by atoms with Gasteiger partial charge in [-0.15, -0.1) is 11.3 Å². The molecule has 3 heteroatoms. The zero-order chi connectivity index (χ0) is 12.3. The fraction of sp³-hybridized carbons (Fsp3) is 0.786. The van der Waals surface area contributed by atoms with Crippen LogP contribution in [0, 0.1) is 11.8 Å². The summed E-state index contributed by atoms with van der Waals surface area (Å²) < 4.78 is 0. The van der Waals surface area contributed by atoms with Crippen molar-refractivity contribution in [2.24, 2.45) is 11.8 Å². The Balaban J connectivity index is 1.96. The average Bonchev–Trinajstić information content (AvgIpc) is 2.83. The molecule has 1 fully saturated rings. The Hall–Kier alpha value is -0.410. The molecule has 0 bridgehead atoms. The maximum atomic E-state index is 4.41. The first-order chi connectivity index (χ1) is 8.18. The summed E-state index contributed by atoms with van der Waals surface area (Å²) in [6.45, 7) is 6.96. The minimum Gasteiger partial charge on any atom is -0.305 e. The summed E-state index contributed by atoms with van der Waals surface area (Å²) in [6.07, 6.45) is 7.41. The van der Waals surface area contributed by atoms with Crippen LogP contribution in [0.5, 0.6) is 0 Å². The highest BCUT2D eigenvalue weighted by atomic mass is 32.1. The zero-order valence-corrected chi connectivity index (χ0v) is 12.0. The Kier molecular flexibility index (Phi) is 4.57. The van der Waals surface area contributed by atoms with E-state index in [2.05, 4.69) is 36.5 Å². The Morgan fingerprint density at radius 2 is 2.06 bits per heavy atom. The molecule has 1 aliphatic carbocycles. The lowest BCUT2D eigenvalue weighted by Crippen LogP contribution is -2.41. The molecule has 1 aliphatic rings. The molecule has 17 heavy (non-hydrogen) atoms. The normalized spacial score (nSPS) is 27.3. The first-order valence-electron chi connectivity index (χ1n) is 6.84. The summed E-state index contributed by atoms with van der Waals surface area (Å²) >= 11 is 1.76. The van der Waals surface area contributed by atoms with Crippen LogP contribution in [0.3, 0.4) is 0 Å². The monoisotopic (exact) mass is 252 g/mol. The standard InChI is InChI=1S/C14H24N2S/c1-10(2)12-6-4-5-7-13(12)16-11(3)14-15-8-9-17-14/h8-13,16H,4-7H2,1-3H3. The van der Waals surface area contributed by atoms with Gasteiger partial charge in [0.25, 0.3) is 0 Å². The lowest BCUT2D eigenvalue weighted by molar-refractivity contribution is 0.195. The molecule has 1 aromatic rings. The van der Waals surface area contributed by atoms with Crippen LogP contribution in [0.1, 0.15) is 57.5 Å². The lowest BCUT2D eigenvalue weighted by atomic mass is 9.77. The van der Waals surface area contributed by atoms with E-state index >= 15 is 0 Å². The summed E-state index contributed by atoms with van der Waals surface area (Å²) in [6, 6.07) is 1.09. The molecule has 1 saturated carbocycles. The van der Waals surface area contributed by atoms with Crippen molar-refractivity contribution < 1.29 is 0 Å². The van der Waals surface area contributed by atoms with Crippen molar-refractivity contribution in [2.45, 2.75) is 58.5 Å². The molecular formula is C14H24N2S. The largest absolute Gasteiger partial charge is 0.305 e. The average molecular weight is 252 g/mol. The Bertz CT molecular complexity index is 321. The lowest BCUT2D eigenvalue weighted by Gasteiger charge is -2.36. The van der Waals surface area contributed by atoms with Gasteiger partial charge in [0.2, 0.25) is 0 Å². The predicted molar refractivity (Wildman–Crippen MR) is 74.2 cm³/mol. The van der Waals surface area contributed by atoms with Crippen molar-refractivity contribution >= 4 is 11.3 Å². The number of nitrogens with one attached hydrogen (secondary N) is 1. The van der Waals surface area contributed by atoms with Gasteiger partial charge in [0.15, 0.2) is 0 Å². The van der Waals surface area contributed by atoms with E-state index < -0.39 is 0 Å². The van der Waals surface area contributed by atoms with Crippen molar-refractivity contribution in [3.63, 3.8) is 0 Å². The van der Waals surface area contributed by atoms with Crippen molar-refractivity contribution in [1.29, 1.82) is 0 Å². The van der Waals surface area contributed by atoms with Gasteiger partial charge in [-0.1, -0.05) is 26.7 Å². The SMILES string of the molecule is CC(NC1CCCCC1C(C)C)c1nccs1. The molecule has 1 heterocycles. The summed E-state index contributed by atoms with van der Waals surface area (Å²) in [4.78, 5) is 4.41. The first-order valence-corrected chi connectivity index (χ1v) is 7.72. The van der Waals surface area contributed by atoms with Crippen molar-refractivity contribution in [3.8, 4) is 0 Å². The van der Waals surface area contributed by atoms with Gasteiger partial charge in [0.1, 0.15) is 5.01 Å². The maximum absolute atomic E-state index is 4.41. The Morgan fingerprint density at radius 1 is 1.29 bits per heavy atom. The van der Waals surface area contributed by atoms with E-state index in [1.54, 1.807) is 11.3 Å². The molecule has 0 aliphatic heterocycles. The van der Waals surface area contributed by atoms with E-state index in [4.69, 9.17) is 0 Å². The summed E-state index contributed by atoms with van der Waals surface area (Å²) in [5.74, 6) is 1.63. The van der Waals surface area contributed by atoms with Crippen molar-refractivity contribution in [2.75, 3.05) is 0 Å². The zero-order valence-electron chi connectivity index (χ0n) is 11.1. The van der Waals surface area contributed by atoms with E-state index in [-0.39, 0.29) is 0 Å². The molecule has 1 aromatic heterocycles. The van der Waals surface area contributed by atoms with Crippen LogP contribution in [-0.2, 0) is 0 Å². The fourth-order valence-corrected chi connectivity index (χ4v) is 3.66. The highest BCUT2D eigenvalue weighted by Gasteiger charge is 2.28. The van der Waals surface area contributed by atoms with Gasteiger partial charge in [0.05, 0.1) is 6.04 Å². The van der Waals surface area contributed by atoms with E-state index in [1.807, 2.05) is 6.20 Å². The van der Waals surface area contributed by atoms with Crippen LogP contribution in [0.15, 0.2) is 11.6 Å². The van der Waals surface area contributed by atoms with Crippen LogP contribution in [0.4, 0.5) is 0 Å². The molecule has 2 rings (SSSR count). The topological polar surface area (TPSA) is 24.9 Å². The number of aromatic nitrogens is 1. The van der Waals surface area contributed by atoms with Gasteiger partial charge in [-0.2, -0.15) is 0 Å². The second-order valence-corrected chi connectivity index (χ2v) is 6.48. The van der Waals surface area contributed by atoms with Gasteiger partial charge in [-0.3, -0.25) is 0 Å². The predicted octanol–water partition coefficient (Wildman–Crippen LogP) is 4.01. The summed E-state index contributed by atoms with van der Waals surface area (Å²) in [7, 11) is 0. The third-order valence-corrected chi connectivity index (χ3v) is 4.92. The van der Waals surface area contributed by atoms with E-state index in [9.17, 15) is 0 Å². The smallest absolute Gasteiger partial charge is 0.109 e. The quantitative estimate of drug-likeness (QED) is 0.876. The molecule has 0 amide bonds. The fourth-order valence-electron chi connectivity index (χ4n) is 3.01. The molecule has 3 unspecified atom stereocenters. The number of rotatable bonds is 4. The van der Waals surface area contributed by atoms with Crippen LogP contribution in [0.25, 0.3) is 0 Å². The molecule has 0 saturated heterocycles. The molecule has 0 radical (unpaired) electrons. The molecule has 2 nitrogen and oxygen atoms in total. The number of thiazole rings is 1. The number of hydrogen-bond donors (Lipinski definition) is 1. The molecular weight excluding hydrogens is 228 g/mol. The molecule has 96 valence electrons. The third kappa shape index (κ3) is 3.29. The first kappa shape index (κ1) is 13.0. The van der Waals surface area contributed by atoms with Gasteiger partial charge in [-0.25, -0.2) is 4.98 Å². The molecule has 1 N–H and O–H groups in total. The van der Waals surface area contributed by atoms with Crippen molar-refractivity contribution in [1.82, 2.24) is 10.3 Å². The van der Waals surface area contributed by atoms with Crippen LogP contribution in [0.2, 0.25) is 0 Å². The highest BCUT2D eigenvalue weighted by Crippen LogP contribution is 2.31. The van der Waals surface area contributed by atoms with Gasteiger partial charge >= 0.3 is 0 Å². The maximum Gasteiger partial charge on any atom is 0.109 e. The van der Waals surface area contributed by atoms with E-state index in [0.717, 1.165) is 11.8 Å². The van der Waals surface area contributed by atoms with Gasteiger partial charge < -0.3 is 5.32 Å². The Morgan fingerprint density at radius 3 is 2.71 bits per heavy atom.